The molecule has 0 fully saturated rings. The van der Waals surface area contributed by atoms with Crippen LogP contribution in [0.2, 0.25) is 0 Å². The van der Waals surface area contributed by atoms with Gasteiger partial charge in [-0.2, -0.15) is 5.06 Å². The fourth-order valence-corrected chi connectivity index (χ4v) is 1.17. The molecule has 66 valence electrons. The SMILES string of the molecule is Cc1ccccc1CCN(C)O. The highest BCUT2D eigenvalue weighted by molar-refractivity contribution is 5.25. The number of rotatable bonds is 3. The molecule has 1 rings (SSSR count). The van der Waals surface area contributed by atoms with Gasteiger partial charge in [-0.3, -0.25) is 0 Å². The Morgan fingerprint density at radius 3 is 2.58 bits per heavy atom. The molecule has 0 bridgehead atoms. The van der Waals surface area contributed by atoms with Crippen molar-refractivity contribution in [2.75, 3.05) is 13.6 Å². The standard InChI is InChI=1S/C10H15NO/c1-9-5-3-4-6-10(9)7-8-11(2)12/h3-6,12H,7-8H2,1-2H3. The van der Waals surface area contributed by atoms with E-state index < -0.39 is 0 Å². The summed E-state index contributed by atoms with van der Waals surface area (Å²) in [5.74, 6) is 0. The van der Waals surface area contributed by atoms with E-state index in [0.717, 1.165) is 6.42 Å². The van der Waals surface area contributed by atoms with Crippen LogP contribution < -0.4 is 0 Å². The smallest absolute Gasteiger partial charge is 0.0275 e. The maximum Gasteiger partial charge on any atom is 0.0275 e. The zero-order chi connectivity index (χ0) is 8.97. The summed E-state index contributed by atoms with van der Waals surface area (Å²) >= 11 is 0. The summed E-state index contributed by atoms with van der Waals surface area (Å²) < 4.78 is 0. The third-order valence-electron chi connectivity index (χ3n) is 1.97. The van der Waals surface area contributed by atoms with Gasteiger partial charge in [0, 0.05) is 13.6 Å². The molecule has 1 N–H and O–H groups in total. The van der Waals surface area contributed by atoms with E-state index in [1.165, 1.54) is 16.2 Å². The van der Waals surface area contributed by atoms with Crippen LogP contribution in [0.1, 0.15) is 11.1 Å². The molecule has 1 aromatic rings. The van der Waals surface area contributed by atoms with Crippen LogP contribution in [0.25, 0.3) is 0 Å². The van der Waals surface area contributed by atoms with Crippen molar-refractivity contribution >= 4 is 0 Å². The zero-order valence-corrected chi connectivity index (χ0v) is 7.62. The van der Waals surface area contributed by atoms with Gasteiger partial charge in [-0.1, -0.05) is 24.3 Å². The van der Waals surface area contributed by atoms with Crippen LogP contribution in [-0.4, -0.2) is 23.9 Å². The minimum atomic E-state index is 0.685. The van der Waals surface area contributed by atoms with E-state index in [9.17, 15) is 0 Å². The summed E-state index contributed by atoms with van der Waals surface area (Å²) in [6.45, 7) is 2.78. The van der Waals surface area contributed by atoms with E-state index in [0.29, 0.717) is 6.54 Å². The van der Waals surface area contributed by atoms with Crippen molar-refractivity contribution < 1.29 is 5.21 Å². The van der Waals surface area contributed by atoms with Crippen molar-refractivity contribution in [1.82, 2.24) is 5.06 Å². The van der Waals surface area contributed by atoms with E-state index in [-0.39, 0.29) is 0 Å². The molecular formula is C10H15NO. The number of benzene rings is 1. The first-order chi connectivity index (χ1) is 5.70. The molecular weight excluding hydrogens is 150 g/mol. The summed E-state index contributed by atoms with van der Waals surface area (Å²) in [5.41, 5.74) is 2.60. The Morgan fingerprint density at radius 1 is 1.33 bits per heavy atom. The Labute approximate surface area is 73.4 Å². The predicted molar refractivity (Wildman–Crippen MR) is 49.3 cm³/mol. The molecule has 0 spiro atoms. The molecule has 0 radical (unpaired) electrons. The third-order valence-corrected chi connectivity index (χ3v) is 1.97. The second-order valence-corrected chi connectivity index (χ2v) is 3.06. The summed E-state index contributed by atoms with van der Waals surface area (Å²) in [4.78, 5) is 0. The molecule has 0 saturated heterocycles. The van der Waals surface area contributed by atoms with Crippen molar-refractivity contribution in [1.29, 1.82) is 0 Å². The molecule has 0 atom stereocenters. The average Bonchev–Trinajstić information content (AvgIpc) is 2.03. The van der Waals surface area contributed by atoms with Gasteiger partial charge < -0.3 is 5.21 Å². The Morgan fingerprint density at radius 2 is 2.00 bits per heavy atom. The Hall–Kier alpha value is -0.860. The van der Waals surface area contributed by atoms with Crippen molar-refractivity contribution in [3.05, 3.63) is 35.4 Å². The molecule has 0 heterocycles. The van der Waals surface area contributed by atoms with E-state index >= 15 is 0 Å². The van der Waals surface area contributed by atoms with Gasteiger partial charge in [-0.15, -0.1) is 0 Å². The van der Waals surface area contributed by atoms with Gasteiger partial charge in [0.1, 0.15) is 0 Å². The maximum atomic E-state index is 8.94. The molecule has 0 unspecified atom stereocenters. The van der Waals surface area contributed by atoms with E-state index in [1.54, 1.807) is 7.05 Å². The molecule has 0 saturated carbocycles. The Bertz CT molecular complexity index is 245. The first kappa shape index (κ1) is 9.23. The van der Waals surface area contributed by atoms with Crippen molar-refractivity contribution in [2.24, 2.45) is 0 Å². The van der Waals surface area contributed by atoms with E-state index in [1.807, 2.05) is 12.1 Å². The monoisotopic (exact) mass is 165 g/mol. The molecule has 0 aliphatic heterocycles. The molecule has 0 amide bonds. The van der Waals surface area contributed by atoms with E-state index in [4.69, 9.17) is 5.21 Å². The van der Waals surface area contributed by atoms with Crippen LogP contribution in [0.4, 0.5) is 0 Å². The van der Waals surface area contributed by atoms with Gasteiger partial charge in [0.05, 0.1) is 0 Å². The molecule has 0 aliphatic rings. The fraction of sp³-hybridized carbons (Fsp3) is 0.400. The maximum absolute atomic E-state index is 8.94. The minimum Gasteiger partial charge on any atom is -0.314 e. The fourth-order valence-electron chi connectivity index (χ4n) is 1.17. The molecule has 12 heavy (non-hydrogen) atoms. The Kier molecular flexibility index (Phi) is 3.26. The molecule has 0 aliphatic carbocycles. The lowest BCUT2D eigenvalue weighted by Crippen LogP contribution is -2.16. The number of hydroxylamine groups is 2. The summed E-state index contributed by atoms with van der Waals surface area (Å²) in [7, 11) is 1.66. The van der Waals surface area contributed by atoms with Crippen LogP contribution in [0, 0.1) is 6.92 Å². The van der Waals surface area contributed by atoms with Gasteiger partial charge in [0.25, 0.3) is 0 Å². The van der Waals surface area contributed by atoms with Crippen LogP contribution in [0.5, 0.6) is 0 Å². The number of hydrogen-bond donors (Lipinski definition) is 1. The number of nitrogens with zero attached hydrogens (tertiary/aromatic N) is 1. The highest BCUT2D eigenvalue weighted by atomic mass is 16.5. The first-order valence-electron chi connectivity index (χ1n) is 4.14. The van der Waals surface area contributed by atoms with Crippen LogP contribution >= 0.6 is 0 Å². The lowest BCUT2D eigenvalue weighted by Gasteiger charge is -2.09. The summed E-state index contributed by atoms with van der Waals surface area (Å²) in [6, 6.07) is 8.24. The van der Waals surface area contributed by atoms with Gasteiger partial charge in [-0.05, 0) is 24.5 Å². The highest BCUT2D eigenvalue weighted by Gasteiger charge is 1.97. The van der Waals surface area contributed by atoms with Crippen LogP contribution in [0.3, 0.4) is 0 Å². The molecule has 2 heteroatoms. The van der Waals surface area contributed by atoms with Crippen molar-refractivity contribution in [3.63, 3.8) is 0 Å². The predicted octanol–water partition coefficient (Wildman–Crippen LogP) is 1.86. The highest BCUT2D eigenvalue weighted by Crippen LogP contribution is 2.07. The van der Waals surface area contributed by atoms with E-state index in [2.05, 4.69) is 19.1 Å². The van der Waals surface area contributed by atoms with Crippen LogP contribution in [-0.2, 0) is 6.42 Å². The number of aryl methyl sites for hydroxylation is 1. The van der Waals surface area contributed by atoms with Gasteiger partial charge >= 0.3 is 0 Å². The van der Waals surface area contributed by atoms with Gasteiger partial charge in [-0.25, -0.2) is 0 Å². The van der Waals surface area contributed by atoms with Crippen molar-refractivity contribution in [3.8, 4) is 0 Å². The summed E-state index contributed by atoms with van der Waals surface area (Å²) in [6.07, 6.45) is 0.902. The van der Waals surface area contributed by atoms with Gasteiger partial charge in [0.15, 0.2) is 0 Å². The quantitative estimate of drug-likeness (QED) is 0.691. The van der Waals surface area contributed by atoms with Crippen LogP contribution in [0.15, 0.2) is 24.3 Å². The first-order valence-corrected chi connectivity index (χ1v) is 4.14. The second-order valence-electron chi connectivity index (χ2n) is 3.06. The minimum absolute atomic E-state index is 0.685. The molecule has 1 aromatic carbocycles. The van der Waals surface area contributed by atoms with Crippen molar-refractivity contribution in [2.45, 2.75) is 13.3 Å². The summed E-state index contributed by atoms with van der Waals surface area (Å²) in [5, 5.41) is 10.2. The van der Waals surface area contributed by atoms with Gasteiger partial charge in [0.2, 0.25) is 0 Å². The average molecular weight is 165 g/mol. The molecule has 0 aromatic heterocycles. The lowest BCUT2D eigenvalue weighted by molar-refractivity contribution is -0.0634. The number of likely N-dealkylation sites (N-methyl/N-ethyl adjacent to an activating group) is 1. The largest absolute Gasteiger partial charge is 0.314 e. The topological polar surface area (TPSA) is 23.5 Å². The zero-order valence-electron chi connectivity index (χ0n) is 7.62. The Balaban J connectivity index is 2.57. The second kappa shape index (κ2) is 4.24. The lowest BCUT2D eigenvalue weighted by atomic mass is 10.1. The number of hydrogen-bond acceptors (Lipinski definition) is 2. The molecule has 2 nitrogen and oxygen atoms in total. The third kappa shape index (κ3) is 2.64. The normalized spacial score (nSPS) is 10.7.